The summed E-state index contributed by atoms with van der Waals surface area (Å²) in [4.78, 5) is 26.2. The number of fused-ring (bicyclic) bond motifs is 1. The molecule has 0 bridgehead atoms. The van der Waals surface area contributed by atoms with E-state index in [2.05, 4.69) is 10.3 Å². The van der Waals surface area contributed by atoms with Crippen LogP contribution in [0.1, 0.15) is 26.3 Å². The number of para-hydroxylation sites is 1. The summed E-state index contributed by atoms with van der Waals surface area (Å²) in [7, 11) is 0. The highest BCUT2D eigenvalue weighted by atomic mass is 35.5. The lowest BCUT2D eigenvalue weighted by molar-refractivity contribution is -0.139. The van der Waals surface area contributed by atoms with Gasteiger partial charge in [0.05, 0.1) is 10.5 Å². The van der Waals surface area contributed by atoms with E-state index < -0.39 is 23.7 Å². The van der Waals surface area contributed by atoms with Gasteiger partial charge < -0.3 is 20.1 Å². The topological polar surface area (TPSA) is 91.4 Å². The zero-order valence-corrected chi connectivity index (χ0v) is 13.9. The van der Waals surface area contributed by atoms with E-state index >= 15 is 0 Å². The van der Waals surface area contributed by atoms with Crippen LogP contribution in [0.5, 0.6) is 0 Å². The van der Waals surface area contributed by atoms with Crippen molar-refractivity contribution in [2.75, 3.05) is 0 Å². The minimum absolute atomic E-state index is 0.120. The van der Waals surface area contributed by atoms with E-state index in [1.807, 2.05) is 6.07 Å². The van der Waals surface area contributed by atoms with Crippen LogP contribution >= 0.6 is 11.6 Å². The Hall–Kier alpha value is -2.21. The maximum Gasteiger partial charge on any atom is 0.408 e. The molecule has 1 aromatic carbocycles. The minimum atomic E-state index is -1.13. The second-order valence-corrected chi connectivity index (χ2v) is 6.62. The molecule has 0 fully saturated rings. The van der Waals surface area contributed by atoms with Crippen LogP contribution in [0.4, 0.5) is 4.79 Å². The van der Waals surface area contributed by atoms with Crippen LogP contribution in [-0.2, 0) is 16.0 Å². The number of H-pyrrole nitrogens is 1. The van der Waals surface area contributed by atoms with Crippen molar-refractivity contribution in [3.63, 3.8) is 0 Å². The van der Waals surface area contributed by atoms with Crippen LogP contribution in [0, 0.1) is 0 Å². The van der Waals surface area contributed by atoms with Crippen LogP contribution in [0.2, 0.25) is 5.02 Å². The SMILES string of the molecule is CC(C)(C)OC(=O)N[C@@H](Cc1c[nH]c2c(Cl)cccc12)C(=O)O. The fraction of sp³-hybridized carbons (Fsp3) is 0.375. The Morgan fingerprint density at radius 3 is 2.70 bits per heavy atom. The predicted octanol–water partition coefficient (Wildman–Crippen LogP) is 3.34. The molecular weight excluding hydrogens is 320 g/mol. The number of aromatic nitrogens is 1. The highest BCUT2D eigenvalue weighted by molar-refractivity contribution is 6.35. The van der Waals surface area contributed by atoms with Crippen molar-refractivity contribution in [2.45, 2.75) is 38.8 Å². The first-order chi connectivity index (χ1) is 10.7. The number of nitrogens with one attached hydrogen (secondary N) is 2. The molecule has 2 rings (SSSR count). The molecule has 6 nitrogen and oxygen atoms in total. The number of carbonyl (C=O) groups excluding carboxylic acids is 1. The molecule has 1 amide bonds. The number of hydrogen-bond acceptors (Lipinski definition) is 3. The first-order valence-electron chi connectivity index (χ1n) is 7.14. The van der Waals surface area contributed by atoms with Crippen molar-refractivity contribution in [1.82, 2.24) is 10.3 Å². The molecule has 2 aromatic rings. The minimum Gasteiger partial charge on any atom is -0.480 e. The quantitative estimate of drug-likeness (QED) is 0.797. The smallest absolute Gasteiger partial charge is 0.408 e. The second kappa shape index (κ2) is 6.50. The fourth-order valence-electron chi connectivity index (χ4n) is 2.21. The summed E-state index contributed by atoms with van der Waals surface area (Å²) in [5.41, 5.74) is 0.804. The molecule has 0 aliphatic heterocycles. The van der Waals surface area contributed by atoms with Gasteiger partial charge in [-0.2, -0.15) is 0 Å². The summed E-state index contributed by atoms with van der Waals surface area (Å²) >= 11 is 6.09. The van der Waals surface area contributed by atoms with Gasteiger partial charge in [0.1, 0.15) is 11.6 Å². The van der Waals surface area contributed by atoms with Gasteiger partial charge in [-0.15, -0.1) is 0 Å². The molecule has 124 valence electrons. The number of carboxylic acids is 1. The van der Waals surface area contributed by atoms with E-state index in [9.17, 15) is 14.7 Å². The Labute approximate surface area is 138 Å². The third-order valence-corrected chi connectivity index (χ3v) is 3.48. The average molecular weight is 339 g/mol. The molecule has 0 radical (unpaired) electrons. The van der Waals surface area contributed by atoms with Crippen LogP contribution in [0.25, 0.3) is 10.9 Å². The monoisotopic (exact) mass is 338 g/mol. The number of aromatic amines is 1. The number of benzene rings is 1. The predicted molar refractivity (Wildman–Crippen MR) is 87.8 cm³/mol. The number of aliphatic carboxylic acids is 1. The highest BCUT2D eigenvalue weighted by Gasteiger charge is 2.25. The van der Waals surface area contributed by atoms with Crippen LogP contribution in [0.3, 0.4) is 0 Å². The second-order valence-electron chi connectivity index (χ2n) is 6.22. The molecule has 7 heteroatoms. The normalized spacial score (nSPS) is 12.9. The molecule has 1 atom stereocenters. The number of carboxylic acid groups (broad SMARTS) is 1. The first-order valence-corrected chi connectivity index (χ1v) is 7.52. The molecule has 23 heavy (non-hydrogen) atoms. The number of amides is 1. The summed E-state index contributed by atoms with van der Waals surface area (Å²) < 4.78 is 5.10. The molecule has 1 aromatic heterocycles. The molecule has 3 N–H and O–H groups in total. The van der Waals surface area contributed by atoms with Gasteiger partial charge in [-0.05, 0) is 32.4 Å². The van der Waals surface area contributed by atoms with Crippen molar-refractivity contribution in [3.8, 4) is 0 Å². The molecule has 0 aliphatic carbocycles. The van der Waals surface area contributed by atoms with Crippen LogP contribution in [0.15, 0.2) is 24.4 Å². The zero-order chi connectivity index (χ0) is 17.2. The molecule has 0 aliphatic rings. The molecule has 0 spiro atoms. The Bertz CT molecular complexity index is 733. The van der Waals surface area contributed by atoms with Crippen LogP contribution in [-0.4, -0.2) is 33.8 Å². The summed E-state index contributed by atoms with van der Waals surface area (Å²) in [5.74, 6) is -1.13. The van der Waals surface area contributed by atoms with Gasteiger partial charge in [0.25, 0.3) is 0 Å². The molecule has 0 unspecified atom stereocenters. The van der Waals surface area contributed by atoms with E-state index in [-0.39, 0.29) is 6.42 Å². The van der Waals surface area contributed by atoms with E-state index in [0.717, 1.165) is 16.5 Å². The number of carbonyl (C=O) groups is 2. The van der Waals surface area contributed by atoms with Gasteiger partial charge in [0, 0.05) is 18.0 Å². The maximum absolute atomic E-state index is 11.8. The highest BCUT2D eigenvalue weighted by Crippen LogP contribution is 2.26. The summed E-state index contributed by atoms with van der Waals surface area (Å²) in [5, 5.41) is 13.1. The van der Waals surface area contributed by atoms with E-state index in [1.54, 1.807) is 39.1 Å². The van der Waals surface area contributed by atoms with Crippen molar-refractivity contribution in [3.05, 3.63) is 35.0 Å². The molecule has 1 heterocycles. The number of hydrogen-bond donors (Lipinski definition) is 3. The van der Waals surface area contributed by atoms with E-state index in [0.29, 0.717) is 5.02 Å². The average Bonchev–Trinajstić information content (AvgIpc) is 2.80. The van der Waals surface area contributed by atoms with Crippen molar-refractivity contribution in [2.24, 2.45) is 0 Å². The molecule has 0 saturated heterocycles. The third kappa shape index (κ3) is 4.39. The lowest BCUT2D eigenvalue weighted by Crippen LogP contribution is -2.44. The number of halogens is 1. The number of ether oxygens (including phenoxy) is 1. The van der Waals surface area contributed by atoms with Gasteiger partial charge in [0.15, 0.2) is 0 Å². The fourth-order valence-corrected chi connectivity index (χ4v) is 2.44. The Morgan fingerprint density at radius 2 is 2.09 bits per heavy atom. The lowest BCUT2D eigenvalue weighted by atomic mass is 10.1. The number of alkyl carbamates (subject to hydrolysis) is 1. The largest absolute Gasteiger partial charge is 0.480 e. The standard InChI is InChI=1S/C16H19ClN2O4/c1-16(2,3)23-15(22)19-12(14(20)21)7-9-8-18-13-10(9)5-4-6-11(13)17/h4-6,8,12,18H,7H2,1-3H3,(H,19,22)(H,20,21)/t12-/m0/s1. The van der Waals surface area contributed by atoms with Crippen molar-refractivity contribution >= 4 is 34.6 Å². The molecule has 0 saturated carbocycles. The Balaban J connectivity index is 2.17. The Kier molecular flexibility index (Phi) is 4.85. The van der Waals surface area contributed by atoms with Crippen molar-refractivity contribution < 1.29 is 19.4 Å². The van der Waals surface area contributed by atoms with Gasteiger partial charge in [-0.25, -0.2) is 9.59 Å². The number of rotatable bonds is 4. The third-order valence-electron chi connectivity index (χ3n) is 3.16. The van der Waals surface area contributed by atoms with Crippen LogP contribution < -0.4 is 5.32 Å². The summed E-state index contributed by atoms with van der Waals surface area (Å²) in [6.45, 7) is 5.14. The first kappa shape index (κ1) is 17.1. The summed E-state index contributed by atoms with van der Waals surface area (Å²) in [6.07, 6.45) is 1.06. The van der Waals surface area contributed by atoms with E-state index in [4.69, 9.17) is 16.3 Å². The summed E-state index contributed by atoms with van der Waals surface area (Å²) in [6, 6.07) is 4.29. The zero-order valence-electron chi connectivity index (χ0n) is 13.1. The van der Waals surface area contributed by atoms with Gasteiger partial charge in [-0.1, -0.05) is 23.7 Å². The maximum atomic E-state index is 11.8. The Morgan fingerprint density at radius 1 is 1.39 bits per heavy atom. The van der Waals surface area contributed by atoms with Gasteiger partial charge in [0.2, 0.25) is 0 Å². The van der Waals surface area contributed by atoms with Gasteiger partial charge >= 0.3 is 12.1 Å². The molecular formula is C16H19ClN2O4. The van der Waals surface area contributed by atoms with E-state index in [1.165, 1.54) is 0 Å². The van der Waals surface area contributed by atoms with Gasteiger partial charge in [-0.3, -0.25) is 0 Å². The lowest BCUT2D eigenvalue weighted by Gasteiger charge is -2.22. The van der Waals surface area contributed by atoms with Crippen molar-refractivity contribution in [1.29, 1.82) is 0 Å².